The first-order valence-electron chi connectivity index (χ1n) is 7.89. The molecule has 1 aromatic carbocycles. The monoisotopic (exact) mass is 349 g/mol. The summed E-state index contributed by atoms with van der Waals surface area (Å²) in [6, 6.07) is 9.59. The Balaban J connectivity index is 1.78. The second-order valence-electron chi connectivity index (χ2n) is 5.80. The molecule has 0 fully saturated rings. The molecule has 0 bridgehead atoms. The minimum Gasteiger partial charge on any atom is -0.508 e. The SMILES string of the molecule is CC1=C(C(=O)Nc2cccnc2)[C@@H](c2cccc(O)c2)n2nnnc2N1. The second-order valence-corrected chi connectivity index (χ2v) is 5.80. The summed E-state index contributed by atoms with van der Waals surface area (Å²) in [5, 5.41) is 27.4. The van der Waals surface area contributed by atoms with Crippen molar-refractivity contribution in [1.29, 1.82) is 0 Å². The van der Waals surface area contributed by atoms with Gasteiger partial charge in [-0.15, -0.1) is 0 Å². The standard InChI is InChI=1S/C17H15N7O2/c1-10-14(16(26)20-12-5-3-7-18-9-12)15(11-4-2-6-13(25)8-11)24-17(19-10)21-22-23-24/h2-9,15,25H,1H3,(H,20,26)(H,19,21,23)/t15-/m1/s1. The van der Waals surface area contributed by atoms with Crippen molar-refractivity contribution in [2.45, 2.75) is 13.0 Å². The highest BCUT2D eigenvalue weighted by Gasteiger charge is 2.34. The van der Waals surface area contributed by atoms with E-state index in [9.17, 15) is 9.90 Å². The lowest BCUT2D eigenvalue weighted by atomic mass is 9.95. The first-order valence-corrected chi connectivity index (χ1v) is 7.89. The fourth-order valence-corrected chi connectivity index (χ4v) is 2.94. The van der Waals surface area contributed by atoms with Crippen LogP contribution in [0, 0.1) is 0 Å². The summed E-state index contributed by atoms with van der Waals surface area (Å²) in [6.07, 6.45) is 3.20. The third kappa shape index (κ3) is 2.75. The van der Waals surface area contributed by atoms with Gasteiger partial charge in [0.25, 0.3) is 5.91 Å². The Morgan fingerprint density at radius 2 is 2.19 bits per heavy atom. The number of hydrogen-bond acceptors (Lipinski definition) is 7. The number of phenolic OH excluding ortho intramolecular Hbond substituents is 1. The van der Waals surface area contributed by atoms with Crippen LogP contribution >= 0.6 is 0 Å². The van der Waals surface area contributed by atoms with Crippen LogP contribution in [0.1, 0.15) is 18.5 Å². The molecule has 3 aromatic rings. The Bertz CT molecular complexity index is 997. The molecule has 0 aliphatic carbocycles. The maximum absolute atomic E-state index is 13.0. The molecule has 0 saturated carbocycles. The van der Waals surface area contributed by atoms with Crippen LogP contribution in [-0.2, 0) is 4.79 Å². The number of phenols is 1. The molecule has 0 unspecified atom stereocenters. The van der Waals surface area contributed by atoms with Gasteiger partial charge in [-0.3, -0.25) is 9.78 Å². The molecular formula is C17H15N7O2. The van der Waals surface area contributed by atoms with E-state index in [1.807, 2.05) is 6.07 Å². The molecule has 3 heterocycles. The van der Waals surface area contributed by atoms with Gasteiger partial charge in [0.15, 0.2) is 0 Å². The highest BCUT2D eigenvalue weighted by Crippen LogP contribution is 2.35. The Kier molecular flexibility index (Phi) is 3.81. The Hall–Kier alpha value is -3.75. The number of allylic oxidation sites excluding steroid dienone is 1. The number of aromatic nitrogens is 5. The third-order valence-corrected chi connectivity index (χ3v) is 4.06. The van der Waals surface area contributed by atoms with Crippen molar-refractivity contribution in [2.24, 2.45) is 0 Å². The van der Waals surface area contributed by atoms with Gasteiger partial charge in [-0.1, -0.05) is 17.2 Å². The number of fused-ring (bicyclic) bond motifs is 1. The number of benzene rings is 1. The lowest BCUT2D eigenvalue weighted by molar-refractivity contribution is -0.113. The van der Waals surface area contributed by atoms with Gasteiger partial charge in [0, 0.05) is 11.9 Å². The molecule has 9 heteroatoms. The zero-order chi connectivity index (χ0) is 18.1. The summed E-state index contributed by atoms with van der Waals surface area (Å²) in [5.41, 5.74) is 2.34. The number of rotatable bonds is 3. The first-order chi connectivity index (χ1) is 12.6. The maximum atomic E-state index is 13.0. The van der Waals surface area contributed by atoms with Gasteiger partial charge in [-0.25, -0.2) is 0 Å². The highest BCUT2D eigenvalue weighted by atomic mass is 16.3. The zero-order valence-electron chi connectivity index (χ0n) is 13.8. The Morgan fingerprint density at radius 1 is 1.31 bits per heavy atom. The zero-order valence-corrected chi connectivity index (χ0v) is 13.8. The van der Waals surface area contributed by atoms with Crippen LogP contribution in [0.5, 0.6) is 5.75 Å². The van der Waals surface area contributed by atoms with Crippen molar-refractivity contribution < 1.29 is 9.90 Å². The van der Waals surface area contributed by atoms with Gasteiger partial charge in [-0.2, -0.15) is 4.68 Å². The van der Waals surface area contributed by atoms with E-state index in [2.05, 4.69) is 31.1 Å². The van der Waals surface area contributed by atoms with Gasteiger partial charge >= 0.3 is 0 Å². The highest BCUT2D eigenvalue weighted by molar-refractivity contribution is 6.05. The van der Waals surface area contributed by atoms with Gasteiger partial charge < -0.3 is 15.7 Å². The number of hydrogen-bond donors (Lipinski definition) is 3. The molecule has 1 atom stereocenters. The number of carbonyl (C=O) groups is 1. The summed E-state index contributed by atoms with van der Waals surface area (Å²) in [5.74, 6) is 0.214. The molecule has 1 amide bonds. The van der Waals surface area contributed by atoms with Crippen molar-refractivity contribution >= 4 is 17.5 Å². The van der Waals surface area contributed by atoms with E-state index in [-0.39, 0.29) is 11.7 Å². The van der Waals surface area contributed by atoms with E-state index < -0.39 is 6.04 Å². The van der Waals surface area contributed by atoms with E-state index in [0.717, 1.165) is 0 Å². The fraction of sp³-hybridized carbons (Fsp3) is 0.118. The molecule has 0 spiro atoms. The third-order valence-electron chi connectivity index (χ3n) is 4.06. The van der Waals surface area contributed by atoms with Crippen LogP contribution in [0.4, 0.5) is 11.6 Å². The number of carbonyl (C=O) groups excluding carboxylic acids is 1. The quantitative estimate of drug-likeness (QED) is 0.658. The summed E-state index contributed by atoms with van der Waals surface area (Å²) in [7, 11) is 0. The summed E-state index contributed by atoms with van der Waals surface area (Å²) >= 11 is 0. The van der Waals surface area contributed by atoms with Crippen molar-refractivity contribution in [3.8, 4) is 5.75 Å². The minimum absolute atomic E-state index is 0.0975. The van der Waals surface area contributed by atoms with Crippen molar-refractivity contribution in [2.75, 3.05) is 10.6 Å². The Morgan fingerprint density at radius 3 is 2.96 bits per heavy atom. The van der Waals surface area contributed by atoms with E-state index in [1.54, 1.807) is 49.6 Å². The number of amides is 1. The predicted molar refractivity (Wildman–Crippen MR) is 93.3 cm³/mol. The normalized spacial score (nSPS) is 16.0. The van der Waals surface area contributed by atoms with Crippen molar-refractivity contribution in [3.63, 3.8) is 0 Å². The van der Waals surface area contributed by atoms with E-state index in [1.165, 1.54) is 4.68 Å². The van der Waals surface area contributed by atoms with Crippen LogP contribution in [0.25, 0.3) is 0 Å². The molecule has 4 rings (SSSR count). The number of aromatic hydroxyl groups is 1. The van der Waals surface area contributed by atoms with Gasteiger partial charge in [0.05, 0.1) is 17.5 Å². The largest absolute Gasteiger partial charge is 0.508 e. The molecule has 1 aliphatic rings. The first kappa shape index (κ1) is 15.8. The fourth-order valence-electron chi connectivity index (χ4n) is 2.94. The van der Waals surface area contributed by atoms with E-state index >= 15 is 0 Å². The summed E-state index contributed by atoms with van der Waals surface area (Å²) in [6.45, 7) is 1.78. The van der Waals surface area contributed by atoms with Crippen molar-refractivity contribution in [1.82, 2.24) is 25.2 Å². The minimum atomic E-state index is -0.579. The van der Waals surface area contributed by atoms with Crippen LogP contribution in [-0.4, -0.2) is 36.2 Å². The average Bonchev–Trinajstić information content (AvgIpc) is 3.09. The van der Waals surface area contributed by atoms with Crippen molar-refractivity contribution in [3.05, 3.63) is 65.6 Å². The molecule has 130 valence electrons. The lowest BCUT2D eigenvalue weighted by Crippen LogP contribution is -2.31. The molecule has 9 nitrogen and oxygen atoms in total. The predicted octanol–water partition coefficient (Wildman–Crippen LogP) is 1.70. The number of anilines is 2. The lowest BCUT2D eigenvalue weighted by Gasteiger charge is -2.28. The molecule has 0 saturated heterocycles. The van der Waals surface area contributed by atoms with E-state index in [4.69, 9.17) is 0 Å². The molecule has 0 radical (unpaired) electrons. The molecule has 1 aliphatic heterocycles. The van der Waals surface area contributed by atoms with E-state index in [0.29, 0.717) is 28.5 Å². The molecule has 2 aromatic heterocycles. The second kappa shape index (κ2) is 6.28. The number of nitrogens with zero attached hydrogens (tertiary/aromatic N) is 5. The van der Waals surface area contributed by atoms with Gasteiger partial charge in [0.2, 0.25) is 5.95 Å². The summed E-state index contributed by atoms with van der Waals surface area (Å²) < 4.78 is 1.51. The van der Waals surface area contributed by atoms with Crippen LogP contribution in [0.3, 0.4) is 0 Å². The summed E-state index contributed by atoms with van der Waals surface area (Å²) in [4.78, 5) is 17.0. The molecule has 3 N–H and O–H groups in total. The van der Waals surface area contributed by atoms with Gasteiger partial charge in [0.1, 0.15) is 11.8 Å². The van der Waals surface area contributed by atoms with Crippen LogP contribution in [0.15, 0.2) is 60.1 Å². The molecule has 26 heavy (non-hydrogen) atoms. The number of nitrogens with one attached hydrogen (secondary N) is 2. The maximum Gasteiger partial charge on any atom is 0.255 e. The molecular weight excluding hydrogens is 334 g/mol. The number of pyridine rings is 1. The average molecular weight is 349 g/mol. The van der Waals surface area contributed by atoms with Crippen LogP contribution in [0.2, 0.25) is 0 Å². The van der Waals surface area contributed by atoms with Crippen LogP contribution < -0.4 is 10.6 Å². The Labute approximate surface area is 148 Å². The smallest absolute Gasteiger partial charge is 0.255 e. The number of tetrazole rings is 1. The topological polar surface area (TPSA) is 118 Å². The van der Waals surface area contributed by atoms with Gasteiger partial charge in [-0.05, 0) is 47.2 Å².